The molecule has 0 bridgehead atoms. The van der Waals surface area contributed by atoms with Crippen molar-refractivity contribution in [2.45, 2.75) is 29.4 Å². The van der Waals surface area contributed by atoms with Crippen LogP contribution in [0.3, 0.4) is 0 Å². The minimum absolute atomic E-state index is 0.154. The van der Waals surface area contributed by atoms with Gasteiger partial charge in [-0.3, -0.25) is 0 Å². The maximum Gasteiger partial charge on any atom is 0.123 e. The molecule has 1 fully saturated rings. The molecule has 2 heterocycles. The van der Waals surface area contributed by atoms with E-state index < -0.39 is 0 Å². The fourth-order valence-corrected chi connectivity index (χ4v) is 4.75. The van der Waals surface area contributed by atoms with Gasteiger partial charge in [0.15, 0.2) is 0 Å². The summed E-state index contributed by atoms with van der Waals surface area (Å²) >= 11 is 2.02. The first kappa shape index (κ1) is 16.7. The first-order valence-corrected chi connectivity index (χ1v) is 9.85. The summed E-state index contributed by atoms with van der Waals surface area (Å²) in [5, 5.41) is 2.03. The van der Waals surface area contributed by atoms with E-state index in [1.807, 2.05) is 23.9 Å². The van der Waals surface area contributed by atoms with Gasteiger partial charge in [-0.15, -0.1) is 11.8 Å². The van der Waals surface area contributed by atoms with Gasteiger partial charge >= 0.3 is 0 Å². The number of benzene rings is 2. The Balaban J connectivity index is 1.27. The molecule has 25 heavy (non-hydrogen) atoms. The van der Waals surface area contributed by atoms with E-state index in [1.54, 1.807) is 12.1 Å². The van der Waals surface area contributed by atoms with Crippen LogP contribution < -0.4 is 0 Å². The number of nitrogens with zero attached hydrogens (tertiary/aromatic N) is 1. The summed E-state index contributed by atoms with van der Waals surface area (Å²) in [6, 6.07) is 15.4. The molecule has 1 aliphatic heterocycles. The van der Waals surface area contributed by atoms with Crippen molar-refractivity contribution in [1.82, 2.24) is 9.88 Å². The van der Waals surface area contributed by atoms with Gasteiger partial charge in [-0.2, -0.15) is 0 Å². The second kappa shape index (κ2) is 7.63. The summed E-state index contributed by atoms with van der Waals surface area (Å²) in [7, 11) is 0. The van der Waals surface area contributed by atoms with Gasteiger partial charge in [0.25, 0.3) is 0 Å². The second-order valence-corrected chi connectivity index (χ2v) is 8.08. The van der Waals surface area contributed by atoms with Gasteiger partial charge in [-0.25, -0.2) is 4.39 Å². The van der Waals surface area contributed by atoms with E-state index in [2.05, 4.69) is 40.3 Å². The average Bonchev–Trinajstić information content (AvgIpc) is 3.06. The molecule has 4 heteroatoms. The molecular weight excluding hydrogens is 331 g/mol. The highest BCUT2D eigenvalue weighted by atomic mass is 32.2. The van der Waals surface area contributed by atoms with Crippen molar-refractivity contribution in [2.24, 2.45) is 0 Å². The number of aromatic nitrogens is 1. The lowest BCUT2D eigenvalue weighted by Crippen LogP contribution is -2.36. The van der Waals surface area contributed by atoms with E-state index in [4.69, 9.17) is 0 Å². The quantitative estimate of drug-likeness (QED) is 0.687. The Morgan fingerprint density at radius 3 is 2.60 bits per heavy atom. The van der Waals surface area contributed by atoms with Crippen molar-refractivity contribution < 1.29 is 4.39 Å². The van der Waals surface area contributed by atoms with E-state index in [0.717, 1.165) is 26.1 Å². The molecule has 0 atom stereocenters. The number of piperidine rings is 1. The predicted octanol–water partition coefficient (Wildman–Crippen LogP) is 5.11. The fraction of sp³-hybridized carbons (Fsp3) is 0.333. The summed E-state index contributed by atoms with van der Waals surface area (Å²) < 4.78 is 13.0. The third kappa shape index (κ3) is 4.07. The SMILES string of the molecule is Fc1ccc(CCN2CCC(Sc3c[nH]c4ccccc34)CC2)cc1. The smallest absolute Gasteiger partial charge is 0.123 e. The molecule has 1 aromatic heterocycles. The van der Waals surface area contributed by atoms with Crippen molar-refractivity contribution >= 4 is 22.7 Å². The summed E-state index contributed by atoms with van der Waals surface area (Å²) in [4.78, 5) is 7.28. The van der Waals surface area contributed by atoms with Crippen molar-refractivity contribution in [3.63, 3.8) is 0 Å². The van der Waals surface area contributed by atoms with Gasteiger partial charge in [0.05, 0.1) is 0 Å². The van der Waals surface area contributed by atoms with Gasteiger partial charge in [0.1, 0.15) is 5.82 Å². The first-order valence-electron chi connectivity index (χ1n) is 8.97. The molecule has 0 spiro atoms. The standard InChI is InChI=1S/C21H23FN2S/c22-17-7-5-16(6-8-17)9-12-24-13-10-18(11-14-24)25-21-15-23-20-4-2-1-3-19(20)21/h1-8,15,18,23H,9-14H2. The van der Waals surface area contributed by atoms with Gasteiger partial charge < -0.3 is 9.88 Å². The van der Waals surface area contributed by atoms with E-state index in [0.29, 0.717) is 5.25 Å². The van der Waals surface area contributed by atoms with Crippen LogP contribution in [-0.4, -0.2) is 34.8 Å². The number of nitrogens with one attached hydrogen (secondary N) is 1. The van der Waals surface area contributed by atoms with E-state index >= 15 is 0 Å². The molecule has 0 aliphatic carbocycles. The van der Waals surface area contributed by atoms with Crippen LogP contribution in [0.25, 0.3) is 10.9 Å². The normalized spacial score (nSPS) is 16.5. The Hall–Kier alpha value is -1.78. The zero-order valence-corrected chi connectivity index (χ0v) is 15.1. The molecule has 0 amide bonds. The first-order chi connectivity index (χ1) is 12.3. The second-order valence-electron chi connectivity index (χ2n) is 6.73. The number of hydrogen-bond donors (Lipinski definition) is 1. The summed E-state index contributed by atoms with van der Waals surface area (Å²) in [5.74, 6) is -0.154. The molecule has 0 unspecified atom stereocenters. The molecule has 2 aromatic carbocycles. The van der Waals surface area contributed by atoms with Crippen LogP contribution in [0.2, 0.25) is 0 Å². The summed E-state index contributed by atoms with van der Waals surface area (Å²) in [6.45, 7) is 3.37. The average molecular weight is 354 g/mol. The third-order valence-corrected chi connectivity index (χ3v) is 6.41. The van der Waals surface area contributed by atoms with Crippen LogP contribution in [0, 0.1) is 5.82 Å². The molecule has 0 radical (unpaired) electrons. The van der Waals surface area contributed by atoms with Crippen LogP contribution in [0.1, 0.15) is 18.4 Å². The molecule has 4 rings (SSSR count). The topological polar surface area (TPSA) is 19.0 Å². The number of fused-ring (bicyclic) bond motifs is 1. The Morgan fingerprint density at radius 2 is 1.80 bits per heavy atom. The lowest BCUT2D eigenvalue weighted by molar-refractivity contribution is 0.235. The van der Waals surface area contributed by atoms with Gasteiger partial charge in [0, 0.05) is 33.8 Å². The van der Waals surface area contributed by atoms with Crippen LogP contribution in [0.5, 0.6) is 0 Å². The molecule has 2 nitrogen and oxygen atoms in total. The van der Waals surface area contributed by atoms with Crippen molar-refractivity contribution in [2.75, 3.05) is 19.6 Å². The van der Waals surface area contributed by atoms with Gasteiger partial charge in [0.2, 0.25) is 0 Å². The number of thioether (sulfide) groups is 1. The van der Waals surface area contributed by atoms with Gasteiger partial charge in [-0.05, 0) is 56.1 Å². The summed E-state index contributed by atoms with van der Waals surface area (Å²) in [6.07, 6.45) is 5.61. The maximum absolute atomic E-state index is 13.0. The van der Waals surface area contributed by atoms with E-state index in [1.165, 1.54) is 34.2 Å². The van der Waals surface area contributed by atoms with Crippen LogP contribution in [0.4, 0.5) is 4.39 Å². The van der Waals surface area contributed by atoms with Crippen molar-refractivity contribution in [1.29, 1.82) is 0 Å². The largest absolute Gasteiger partial charge is 0.360 e. The number of aromatic amines is 1. The molecule has 1 aliphatic rings. The highest BCUT2D eigenvalue weighted by Crippen LogP contribution is 2.35. The predicted molar refractivity (Wildman–Crippen MR) is 104 cm³/mol. The number of hydrogen-bond acceptors (Lipinski definition) is 2. The zero-order chi connectivity index (χ0) is 17.1. The van der Waals surface area contributed by atoms with Gasteiger partial charge in [-0.1, -0.05) is 30.3 Å². The monoisotopic (exact) mass is 354 g/mol. The number of H-pyrrole nitrogens is 1. The summed E-state index contributed by atoms with van der Waals surface area (Å²) in [5.41, 5.74) is 2.44. The van der Waals surface area contributed by atoms with Crippen LogP contribution in [-0.2, 0) is 6.42 Å². The molecule has 130 valence electrons. The number of rotatable bonds is 5. The van der Waals surface area contributed by atoms with Crippen molar-refractivity contribution in [3.8, 4) is 0 Å². The van der Waals surface area contributed by atoms with E-state index in [9.17, 15) is 4.39 Å². The highest BCUT2D eigenvalue weighted by Gasteiger charge is 2.20. The molecular formula is C21H23FN2S. The molecule has 3 aromatic rings. The fourth-order valence-electron chi connectivity index (χ4n) is 3.51. The maximum atomic E-state index is 13.0. The van der Waals surface area contributed by atoms with Crippen LogP contribution >= 0.6 is 11.8 Å². The molecule has 1 N–H and O–H groups in total. The van der Waals surface area contributed by atoms with E-state index in [-0.39, 0.29) is 5.82 Å². The highest BCUT2D eigenvalue weighted by molar-refractivity contribution is 8.00. The van der Waals surface area contributed by atoms with Crippen LogP contribution in [0.15, 0.2) is 59.6 Å². The number of para-hydroxylation sites is 1. The Kier molecular flexibility index (Phi) is 5.09. The number of likely N-dealkylation sites (tertiary alicyclic amines) is 1. The lowest BCUT2D eigenvalue weighted by Gasteiger charge is -2.31. The Morgan fingerprint density at radius 1 is 1.04 bits per heavy atom. The van der Waals surface area contributed by atoms with Crippen molar-refractivity contribution in [3.05, 3.63) is 66.1 Å². The zero-order valence-electron chi connectivity index (χ0n) is 14.2. The Bertz CT molecular complexity index is 819. The molecule has 0 saturated carbocycles. The number of halogens is 1. The third-order valence-electron chi connectivity index (χ3n) is 5.01. The minimum Gasteiger partial charge on any atom is -0.360 e. The lowest BCUT2D eigenvalue weighted by atomic mass is 10.1. The Labute approximate surface area is 152 Å². The molecule has 1 saturated heterocycles. The minimum atomic E-state index is -0.154.